The number of hydrogen-bond acceptors (Lipinski definition) is 5. The van der Waals surface area contributed by atoms with Gasteiger partial charge >= 0.3 is 0 Å². The Hall–Kier alpha value is -1.88. The van der Waals surface area contributed by atoms with Crippen LogP contribution in [0, 0.1) is 6.92 Å². The Kier molecular flexibility index (Phi) is 4.52. The zero-order chi connectivity index (χ0) is 13.7. The maximum absolute atomic E-state index is 5.84. The van der Waals surface area contributed by atoms with Crippen molar-refractivity contribution in [1.82, 2.24) is 15.5 Å². The molecule has 0 fully saturated rings. The molecule has 0 amide bonds. The molecule has 0 unspecified atom stereocenters. The van der Waals surface area contributed by atoms with Crippen LogP contribution in [-0.2, 0) is 19.6 Å². The largest absolute Gasteiger partial charge is 0.485 e. The Labute approximate surface area is 113 Å². The van der Waals surface area contributed by atoms with Crippen molar-refractivity contribution >= 4 is 0 Å². The van der Waals surface area contributed by atoms with Crippen LogP contribution in [0.5, 0.6) is 5.75 Å². The standard InChI is InChI=1S/C14H19N3O2/c1-4-13-16-12(17-19-13)9-18-14-10(2)6-5-7-11(14)8-15-3/h5-7,15H,4,8-9H2,1-3H3. The molecule has 0 saturated carbocycles. The number of benzene rings is 1. The first-order valence-corrected chi connectivity index (χ1v) is 6.42. The molecule has 0 radical (unpaired) electrons. The number of hydrogen-bond donors (Lipinski definition) is 1. The summed E-state index contributed by atoms with van der Waals surface area (Å²) in [6.45, 7) is 5.10. The molecule has 1 aromatic carbocycles. The fraction of sp³-hybridized carbons (Fsp3) is 0.429. The Morgan fingerprint density at radius 1 is 1.37 bits per heavy atom. The van der Waals surface area contributed by atoms with Gasteiger partial charge in [-0.25, -0.2) is 0 Å². The third kappa shape index (κ3) is 3.32. The lowest BCUT2D eigenvalue weighted by Gasteiger charge is -2.12. The molecule has 1 heterocycles. The first-order chi connectivity index (χ1) is 9.24. The second kappa shape index (κ2) is 6.33. The average molecular weight is 261 g/mol. The number of ether oxygens (including phenoxy) is 1. The molecule has 102 valence electrons. The van der Waals surface area contributed by atoms with Gasteiger partial charge in [0.2, 0.25) is 11.7 Å². The summed E-state index contributed by atoms with van der Waals surface area (Å²) in [5.41, 5.74) is 2.23. The van der Waals surface area contributed by atoms with Crippen molar-refractivity contribution in [3.05, 3.63) is 41.0 Å². The Morgan fingerprint density at radius 2 is 2.21 bits per heavy atom. The van der Waals surface area contributed by atoms with Gasteiger partial charge in [-0.15, -0.1) is 0 Å². The Morgan fingerprint density at radius 3 is 2.89 bits per heavy atom. The van der Waals surface area contributed by atoms with Crippen molar-refractivity contribution in [1.29, 1.82) is 0 Å². The number of aromatic nitrogens is 2. The SMILES string of the molecule is CCc1nc(COc2c(C)cccc2CNC)no1. The van der Waals surface area contributed by atoms with Crippen LogP contribution in [0.3, 0.4) is 0 Å². The molecule has 0 aliphatic rings. The highest BCUT2D eigenvalue weighted by molar-refractivity contribution is 5.40. The van der Waals surface area contributed by atoms with E-state index >= 15 is 0 Å². The van der Waals surface area contributed by atoms with Gasteiger partial charge in [-0.1, -0.05) is 30.3 Å². The van der Waals surface area contributed by atoms with Crippen LogP contribution in [0.15, 0.2) is 22.7 Å². The molecule has 2 rings (SSSR count). The summed E-state index contributed by atoms with van der Waals surface area (Å²) in [5, 5.41) is 7.01. The van der Waals surface area contributed by atoms with Gasteiger partial charge in [-0.05, 0) is 19.5 Å². The molecule has 2 aromatic rings. The van der Waals surface area contributed by atoms with Gasteiger partial charge in [-0.3, -0.25) is 0 Å². The summed E-state index contributed by atoms with van der Waals surface area (Å²) in [7, 11) is 1.92. The van der Waals surface area contributed by atoms with E-state index in [1.165, 1.54) is 0 Å². The fourth-order valence-corrected chi connectivity index (χ4v) is 1.88. The number of rotatable bonds is 6. The van der Waals surface area contributed by atoms with E-state index in [1.807, 2.05) is 39.1 Å². The second-order valence-electron chi connectivity index (χ2n) is 4.34. The third-order valence-electron chi connectivity index (χ3n) is 2.82. The minimum atomic E-state index is 0.324. The van der Waals surface area contributed by atoms with E-state index in [9.17, 15) is 0 Å². The average Bonchev–Trinajstić information content (AvgIpc) is 2.86. The molecule has 19 heavy (non-hydrogen) atoms. The highest BCUT2D eigenvalue weighted by atomic mass is 16.5. The highest BCUT2D eigenvalue weighted by Gasteiger charge is 2.09. The molecular weight excluding hydrogens is 242 g/mol. The number of aryl methyl sites for hydroxylation is 2. The molecule has 0 spiro atoms. The Balaban J connectivity index is 2.09. The smallest absolute Gasteiger partial charge is 0.226 e. The first kappa shape index (κ1) is 13.5. The number of nitrogens with one attached hydrogen (secondary N) is 1. The fourth-order valence-electron chi connectivity index (χ4n) is 1.88. The van der Waals surface area contributed by atoms with Crippen LogP contribution in [0.2, 0.25) is 0 Å². The molecule has 0 aliphatic heterocycles. The van der Waals surface area contributed by atoms with Crippen LogP contribution in [-0.4, -0.2) is 17.2 Å². The van der Waals surface area contributed by atoms with Gasteiger partial charge in [0.25, 0.3) is 0 Å². The summed E-state index contributed by atoms with van der Waals surface area (Å²) >= 11 is 0. The summed E-state index contributed by atoms with van der Waals surface area (Å²) in [4.78, 5) is 4.23. The molecule has 5 heteroatoms. The quantitative estimate of drug-likeness (QED) is 0.864. The molecule has 0 aliphatic carbocycles. The van der Waals surface area contributed by atoms with Gasteiger partial charge in [0.1, 0.15) is 5.75 Å². The van der Waals surface area contributed by atoms with Crippen LogP contribution in [0.25, 0.3) is 0 Å². The molecular formula is C14H19N3O2. The summed E-state index contributed by atoms with van der Waals surface area (Å²) < 4.78 is 10.9. The topological polar surface area (TPSA) is 60.2 Å². The van der Waals surface area contributed by atoms with Crippen molar-refractivity contribution in [2.45, 2.75) is 33.4 Å². The lowest BCUT2D eigenvalue weighted by atomic mass is 10.1. The third-order valence-corrected chi connectivity index (χ3v) is 2.82. The van der Waals surface area contributed by atoms with Gasteiger partial charge < -0.3 is 14.6 Å². The zero-order valence-electron chi connectivity index (χ0n) is 11.6. The molecule has 5 nitrogen and oxygen atoms in total. The summed E-state index contributed by atoms with van der Waals surface area (Å²) in [5.74, 6) is 2.11. The van der Waals surface area contributed by atoms with E-state index < -0.39 is 0 Å². The lowest BCUT2D eigenvalue weighted by Crippen LogP contribution is -2.09. The minimum Gasteiger partial charge on any atom is -0.485 e. The normalized spacial score (nSPS) is 10.7. The molecule has 0 atom stereocenters. The molecule has 0 bridgehead atoms. The van der Waals surface area contributed by atoms with Crippen molar-refractivity contribution < 1.29 is 9.26 Å². The van der Waals surface area contributed by atoms with Crippen molar-refractivity contribution in [2.75, 3.05) is 7.05 Å². The number of para-hydroxylation sites is 1. The Bertz CT molecular complexity index is 537. The van der Waals surface area contributed by atoms with Gasteiger partial charge in [-0.2, -0.15) is 4.98 Å². The zero-order valence-corrected chi connectivity index (χ0v) is 11.6. The monoisotopic (exact) mass is 261 g/mol. The van der Waals surface area contributed by atoms with Gasteiger partial charge in [0.15, 0.2) is 6.61 Å². The van der Waals surface area contributed by atoms with Crippen molar-refractivity contribution in [2.24, 2.45) is 0 Å². The van der Waals surface area contributed by atoms with Gasteiger partial charge in [0, 0.05) is 18.5 Å². The van der Waals surface area contributed by atoms with Crippen LogP contribution >= 0.6 is 0 Å². The first-order valence-electron chi connectivity index (χ1n) is 6.42. The minimum absolute atomic E-state index is 0.324. The van der Waals surface area contributed by atoms with E-state index in [0.717, 1.165) is 29.8 Å². The van der Waals surface area contributed by atoms with Crippen molar-refractivity contribution in [3.8, 4) is 5.75 Å². The lowest BCUT2D eigenvalue weighted by molar-refractivity contribution is 0.280. The highest BCUT2D eigenvalue weighted by Crippen LogP contribution is 2.24. The van der Waals surface area contributed by atoms with E-state index in [0.29, 0.717) is 18.3 Å². The maximum atomic E-state index is 5.84. The summed E-state index contributed by atoms with van der Waals surface area (Å²) in [6, 6.07) is 6.10. The molecule has 1 aromatic heterocycles. The molecule has 0 saturated heterocycles. The van der Waals surface area contributed by atoms with Crippen molar-refractivity contribution in [3.63, 3.8) is 0 Å². The van der Waals surface area contributed by atoms with Gasteiger partial charge in [0.05, 0.1) is 0 Å². The van der Waals surface area contributed by atoms with E-state index in [1.54, 1.807) is 0 Å². The maximum Gasteiger partial charge on any atom is 0.226 e. The predicted octanol–water partition coefficient (Wildman–Crippen LogP) is 2.24. The second-order valence-corrected chi connectivity index (χ2v) is 4.34. The number of nitrogens with zero attached hydrogens (tertiary/aromatic N) is 2. The predicted molar refractivity (Wildman–Crippen MR) is 72.0 cm³/mol. The van der Waals surface area contributed by atoms with E-state index in [4.69, 9.17) is 9.26 Å². The van der Waals surface area contributed by atoms with Crippen LogP contribution < -0.4 is 10.1 Å². The van der Waals surface area contributed by atoms with Crippen LogP contribution in [0.4, 0.5) is 0 Å². The summed E-state index contributed by atoms with van der Waals surface area (Å²) in [6.07, 6.45) is 0.738. The van der Waals surface area contributed by atoms with E-state index in [2.05, 4.69) is 15.5 Å². The van der Waals surface area contributed by atoms with Crippen LogP contribution in [0.1, 0.15) is 29.8 Å². The van der Waals surface area contributed by atoms with E-state index in [-0.39, 0.29) is 0 Å². The molecule has 1 N–H and O–H groups in total.